The Morgan fingerprint density at radius 2 is 1.81 bits per heavy atom. The summed E-state index contributed by atoms with van der Waals surface area (Å²) in [5.41, 5.74) is 3.60. The van der Waals surface area contributed by atoms with Crippen molar-refractivity contribution in [1.29, 1.82) is 0 Å². The van der Waals surface area contributed by atoms with Crippen LogP contribution in [0.4, 0.5) is 4.79 Å². The number of aliphatic hydroxyl groups is 3. The van der Waals surface area contributed by atoms with E-state index in [1.165, 1.54) is 7.11 Å². The predicted molar refractivity (Wildman–Crippen MR) is 215 cm³/mol. The lowest BCUT2D eigenvalue weighted by molar-refractivity contribution is -0.256. The summed E-state index contributed by atoms with van der Waals surface area (Å²) in [6, 6.07) is 15.1. The van der Waals surface area contributed by atoms with Crippen molar-refractivity contribution < 1.29 is 48.6 Å². The molecule has 13 heteroatoms. The number of unbranched alkanes of at least 4 members (excludes halogenated alkanes) is 2. The summed E-state index contributed by atoms with van der Waals surface area (Å²) in [6.45, 7) is 8.47. The Morgan fingerprint density at radius 1 is 1.02 bits per heavy atom. The zero-order valence-corrected chi connectivity index (χ0v) is 33.3. The number of methoxy groups -OCH3 is 1. The maximum Gasteiger partial charge on any atom is 0.410 e. The number of ether oxygens (including phenoxy) is 5. The van der Waals surface area contributed by atoms with Gasteiger partial charge in [0.15, 0.2) is 0 Å². The number of carbonyl (C=O) groups excluding carboxylic acids is 1. The van der Waals surface area contributed by atoms with Gasteiger partial charge in [-0.15, -0.1) is 6.58 Å². The molecule has 6 rings (SSSR count). The van der Waals surface area contributed by atoms with Crippen LogP contribution in [0.3, 0.4) is 0 Å². The van der Waals surface area contributed by atoms with Crippen molar-refractivity contribution >= 4 is 11.8 Å². The third-order valence-corrected chi connectivity index (χ3v) is 11.6. The fourth-order valence-electron chi connectivity index (χ4n) is 8.91. The van der Waals surface area contributed by atoms with Crippen LogP contribution in [0.25, 0.3) is 0 Å². The predicted octanol–water partition coefficient (Wildman–Crippen LogP) is 5.29. The topological polar surface area (TPSA) is 152 Å². The Balaban J connectivity index is 1.53. The van der Waals surface area contributed by atoms with Gasteiger partial charge in [-0.05, 0) is 66.9 Å². The minimum Gasteiger partial charge on any atom is -0.492 e. The molecule has 2 fully saturated rings. The number of nitrogens with zero attached hydrogens (tertiary/aromatic N) is 3. The van der Waals surface area contributed by atoms with Crippen LogP contribution in [0.5, 0.6) is 11.5 Å². The maximum absolute atomic E-state index is 13.9. The smallest absolute Gasteiger partial charge is 0.410 e. The van der Waals surface area contributed by atoms with Crippen LogP contribution >= 0.6 is 0 Å². The van der Waals surface area contributed by atoms with Gasteiger partial charge >= 0.3 is 6.09 Å². The fourth-order valence-corrected chi connectivity index (χ4v) is 8.91. The standard InChI is InChI=1S/C44H61N3O10/c1-3-24-55-44-40(47(43(51)52-2)20-25-53-27-23-50)30-38(45-56-31-32-11-5-4-6-12-32)36-28-33(13-7-9-21-48)35(14-8-10-22-49)41(42(36)44)37-29-34(15-16-39(37)57-44)54-26-19-46-17-18-46/h3-6,11-12,15-16,28-29,33,35,40-42,48-50H,1,7-10,13-14,17-27,30-31H2,2H3. The molecule has 2 aliphatic heterocycles. The van der Waals surface area contributed by atoms with Crippen LogP contribution in [0.2, 0.25) is 0 Å². The molecule has 2 heterocycles. The second-order valence-corrected chi connectivity index (χ2v) is 15.2. The highest BCUT2D eigenvalue weighted by molar-refractivity contribution is 6.03. The van der Waals surface area contributed by atoms with Crippen molar-refractivity contribution in [3.05, 3.63) is 84.0 Å². The molecule has 13 nitrogen and oxygen atoms in total. The molecule has 1 saturated carbocycles. The van der Waals surface area contributed by atoms with Crippen LogP contribution in [-0.2, 0) is 25.7 Å². The van der Waals surface area contributed by atoms with E-state index in [0.29, 0.717) is 30.9 Å². The van der Waals surface area contributed by atoms with E-state index in [4.69, 9.17) is 33.7 Å². The number of hydrogen-bond acceptors (Lipinski definition) is 12. The average molecular weight is 792 g/mol. The first kappa shape index (κ1) is 42.6. The summed E-state index contributed by atoms with van der Waals surface area (Å²) in [6.07, 6.45) is 8.33. The first-order valence-corrected chi connectivity index (χ1v) is 20.6. The lowest BCUT2D eigenvalue weighted by Gasteiger charge is -2.59. The molecule has 57 heavy (non-hydrogen) atoms. The highest BCUT2D eigenvalue weighted by atomic mass is 16.7. The van der Waals surface area contributed by atoms with Gasteiger partial charge in [0.2, 0.25) is 5.79 Å². The number of carbonyl (C=O) groups is 1. The van der Waals surface area contributed by atoms with Gasteiger partial charge in [0, 0.05) is 57.3 Å². The molecule has 0 radical (unpaired) electrons. The molecule has 6 unspecified atom stereocenters. The quantitative estimate of drug-likeness (QED) is 0.0551. The normalized spacial score (nSPS) is 25.4. The molecule has 0 bridgehead atoms. The van der Waals surface area contributed by atoms with E-state index < -0.39 is 23.8 Å². The monoisotopic (exact) mass is 791 g/mol. The minimum absolute atomic E-state index is 0.0795. The van der Waals surface area contributed by atoms with E-state index in [1.807, 2.05) is 42.5 Å². The first-order valence-electron chi connectivity index (χ1n) is 20.6. The largest absolute Gasteiger partial charge is 0.492 e. The Hall–Kier alpha value is -3.98. The van der Waals surface area contributed by atoms with E-state index in [-0.39, 0.29) is 77.0 Å². The molecule has 4 aliphatic rings. The number of rotatable bonds is 24. The summed E-state index contributed by atoms with van der Waals surface area (Å²) >= 11 is 0. The molecule has 2 aliphatic carbocycles. The van der Waals surface area contributed by atoms with Crippen LogP contribution in [0.1, 0.15) is 62.0 Å². The molecular formula is C44H61N3O10. The zero-order valence-electron chi connectivity index (χ0n) is 33.3. The lowest BCUT2D eigenvalue weighted by Crippen LogP contribution is -2.70. The number of oxime groups is 1. The number of allylic oxidation sites excluding steroid dienone is 1. The summed E-state index contributed by atoms with van der Waals surface area (Å²) in [5.74, 6) is -0.488. The van der Waals surface area contributed by atoms with E-state index in [2.05, 4.69) is 23.6 Å². The van der Waals surface area contributed by atoms with Gasteiger partial charge < -0.3 is 43.8 Å². The van der Waals surface area contributed by atoms with Crippen molar-refractivity contribution in [3.8, 4) is 11.5 Å². The van der Waals surface area contributed by atoms with Crippen molar-refractivity contribution in [3.63, 3.8) is 0 Å². The third kappa shape index (κ3) is 10.4. The second kappa shape index (κ2) is 21.1. The Labute approximate surface area is 336 Å². The SMILES string of the molecule is C=CCOC12Oc3ccc(OCCN4CC4)cc3C3C(CCCCO)C(CCCCO)C=C(C(=NOCc4ccccc4)CC1N(CCOCCO)C(=O)OC)C32. The van der Waals surface area contributed by atoms with E-state index in [1.54, 1.807) is 11.0 Å². The Kier molecular flexibility index (Phi) is 15.8. The lowest BCUT2D eigenvalue weighted by atomic mass is 9.55. The molecule has 1 saturated heterocycles. The van der Waals surface area contributed by atoms with Gasteiger partial charge in [0.25, 0.3) is 0 Å². The second-order valence-electron chi connectivity index (χ2n) is 15.2. The summed E-state index contributed by atoms with van der Waals surface area (Å²) < 4.78 is 31.7. The minimum atomic E-state index is -1.42. The molecule has 312 valence electrons. The molecule has 2 aromatic rings. The molecular weight excluding hydrogens is 730 g/mol. The van der Waals surface area contributed by atoms with E-state index in [0.717, 1.165) is 67.8 Å². The molecule has 0 spiro atoms. The highest BCUT2D eigenvalue weighted by Crippen LogP contribution is 2.62. The third-order valence-electron chi connectivity index (χ3n) is 11.6. The van der Waals surface area contributed by atoms with Gasteiger partial charge in [-0.1, -0.05) is 60.5 Å². The molecule has 2 aromatic carbocycles. The highest BCUT2D eigenvalue weighted by Gasteiger charge is 2.65. The van der Waals surface area contributed by atoms with Crippen molar-refractivity contribution in [1.82, 2.24) is 9.80 Å². The van der Waals surface area contributed by atoms with Gasteiger partial charge in [0.05, 0.1) is 45.2 Å². The molecule has 6 atom stereocenters. The van der Waals surface area contributed by atoms with Gasteiger partial charge in [-0.2, -0.15) is 0 Å². The van der Waals surface area contributed by atoms with Crippen LogP contribution in [0.15, 0.2) is 78.0 Å². The van der Waals surface area contributed by atoms with Gasteiger partial charge in [0.1, 0.15) is 30.8 Å². The number of amides is 1. The number of aliphatic hydroxyl groups excluding tert-OH is 3. The maximum atomic E-state index is 13.9. The molecule has 1 amide bonds. The first-order chi connectivity index (χ1) is 28.0. The van der Waals surface area contributed by atoms with Gasteiger partial charge in [-0.3, -0.25) is 9.80 Å². The van der Waals surface area contributed by atoms with Crippen LogP contribution in [0, 0.1) is 17.8 Å². The van der Waals surface area contributed by atoms with Crippen molar-refractivity contribution in [2.45, 2.75) is 69.3 Å². The van der Waals surface area contributed by atoms with Crippen molar-refractivity contribution in [2.75, 3.05) is 79.5 Å². The number of benzene rings is 2. The van der Waals surface area contributed by atoms with E-state index >= 15 is 0 Å². The van der Waals surface area contributed by atoms with Crippen molar-refractivity contribution in [2.24, 2.45) is 22.9 Å². The summed E-state index contributed by atoms with van der Waals surface area (Å²) in [5, 5.41) is 34.1. The number of hydrogen-bond donors (Lipinski definition) is 3. The van der Waals surface area contributed by atoms with Crippen LogP contribution in [-0.4, -0.2) is 128 Å². The molecule has 0 aromatic heterocycles. The Bertz CT molecular complexity index is 1650. The summed E-state index contributed by atoms with van der Waals surface area (Å²) in [7, 11) is 1.35. The van der Waals surface area contributed by atoms with Gasteiger partial charge in [-0.25, -0.2) is 4.79 Å². The fraction of sp³-hybridized carbons (Fsp3) is 0.591. The Morgan fingerprint density at radius 3 is 2.53 bits per heavy atom. The van der Waals surface area contributed by atoms with E-state index in [9.17, 15) is 20.1 Å². The summed E-state index contributed by atoms with van der Waals surface area (Å²) in [4.78, 5) is 24.0. The number of fused-ring (bicyclic) bond motifs is 2. The van der Waals surface area contributed by atoms with Crippen LogP contribution < -0.4 is 9.47 Å². The molecule has 3 N–H and O–H groups in total. The average Bonchev–Trinajstić information content (AvgIpc) is 4.06. The zero-order chi connectivity index (χ0) is 40.0.